The van der Waals surface area contributed by atoms with Gasteiger partial charge < -0.3 is 10.1 Å². The lowest BCUT2D eigenvalue weighted by molar-refractivity contribution is -0.116. The Balaban J connectivity index is 1.54. The van der Waals surface area contributed by atoms with Crippen LogP contribution in [0.2, 0.25) is 5.02 Å². The Morgan fingerprint density at radius 1 is 1.23 bits per heavy atom. The zero-order valence-corrected chi connectivity index (χ0v) is 17.4. The van der Waals surface area contributed by atoms with E-state index in [1.54, 1.807) is 24.3 Å². The number of aromatic nitrogens is 3. The predicted octanol–water partition coefficient (Wildman–Crippen LogP) is 4.66. The standard InChI is InChI=1S/C23H18ClN5O2/c1-15-12-21(27-19-8-4-2-6-17(15)19)29-23(16(13-25)14-26-29)28-22(30)10-11-31-20-9-5-3-7-18(20)24/h2-9,12,14H,10-11H2,1H3,(H,28,30). The molecular weight excluding hydrogens is 414 g/mol. The van der Waals surface area contributed by atoms with E-state index in [1.807, 2.05) is 37.3 Å². The lowest BCUT2D eigenvalue weighted by Gasteiger charge is -2.12. The van der Waals surface area contributed by atoms with Crippen molar-refractivity contribution < 1.29 is 9.53 Å². The molecule has 2 heterocycles. The Morgan fingerprint density at radius 2 is 2.00 bits per heavy atom. The van der Waals surface area contributed by atoms with Gasteiger partial charge in [-0.1, -0.05) is 41.9 Å². The molecule has 154 valence electrons. The van der Waals surface area contributed by atoms with E-state index in [9.17, 15) is 10.1 Å². The van der Waals surface area contributed by atoms with Crippen LogP contribution in [0.15, 0.2) is 60.8 Å². The highest BCUT2D eigenvalue weighted by molar-refractivity contribution is 6.32. The summed E-state index contributed by atoms with van der Waals surface area (Å²) in [6, 6.07) is 18.7. The highest BCUT2D eigenvalue weighted by Gasteiger charge is 2.17. The Bertz CT molecular complexity index is 1310. The second kappa shape index (κ2) is 8.86. The Morgan fingerprint density at radius 3 is 2.81 bits per heavy atom. The molecule has 31 heavy (non-hydrogen) atoms. The van der Waals surface area contributed by atoms with Crippen LogP contribution in [0.1, 0.15) is 17.5 Å². The number of nitrogens with one attached hydrogen (secondary N) is 1. The van der Waals surface area contributed by atoms with Crippen LogP contribution in [-0.4, -0.2) is 27.3 Å². The largest absolute Gasteiger partial charge is 0.491 e. The van der Waals surface area contributed by atoms with Gasteiger partial charge in [0.25, 0.3) is 0 Å². The molecule has 2 aromatic carbocycles. The van der Waals surface area contributed by atoms with Crippen molar-refractivity contribution in [1.29, 1.82) is 5.26 Å². The maximum Gasteiger partial charge on any atom is 0.228 e. The Labute approximate surface area is 183 Å². The van der Waals surface area contributed by atoms with Gasteiger partial charge in [-0.25, -0.2) is 4.98 Å². The van der Waals surface area contributed by atoms with Crippen LogP contribution in [0.5, 0.6) is 5.75 Å². The number of carbonyl (C=O) groups is 1. The molecule has 0 atom stereocenters. The number of hydrogen-bond donors (Lipinski definition) is 1. The van der Waals surface area contributed by atoms with E-state index in [0.29, 0.717) is 16.6 Å². The zero-order valence-electron chi connectivity index (χ0n) is 16.7. The highest BCUT2D eigenvalue weighted by atomic mass is 35.5. The van der Waals surface area contributed by atoms with Crippen molar-refractivity contribution in [1.82, 2.24) is 14.8 Å². The summed E-state index contributed by atoms with van der Waals surface area (Å²) in [5, 5.41) is 18.0. The lowest BCUT2D eigenvalue weighted by Crippen LogP contribution is -2.18. The predicted molar refractivity (Wildman–Crippen MR) is 119 cm³/mol. The average molecular weight is 432 g/mol. The number of amides is 1. The fourth-order valence-corrected chi connectivity index (χ4v) is 3.36. The molecule has 0 bridgehead atoms. The molecule has 0 radical (unpaired) electrons. The van der Waals surface area contributed by atoms with E-state index >= 15 is 0 Å². The summed E-state index contributed by atoms with van der Waals surface area (Å²) in [6.07, 6.45) is 1.48. The van der Waals surface area contributed by atoms with Crippen molar-refractivity contribution in [3.05, 3.63) is 76.9 Å². The van der Waals surface area contributed by atoms with Gasteiger partial charge in [0.1, 0.15) is 17.4 Å². The number of pyridine rings is 1. The molecule has 1 amide bonds. The van der Waals surface area contributed by atoms with Crippen LogP contribution in [-0.2, 0) is 4.79 Å². The molecule has 4 rings (SSSR count). The van der Waals surface area contributed by atoms with Crippen LogP contribution in [0.25, 0.3) is 16.7 Å². The van der Waals surface area contributed by atoms with Crippen molar-refractivity contribution >= 4 is 34.2 Å². The molecule has 0 fully saturated rings. The number of rotatable bonds is 6. The first kappa shape index (κ1) is 20.4. The van der Waals surface area contributed by atoms with E-state index in [-0.39, 0.29) is 30.3 Å². The molecule has 0 unspecified atom stereocenters. The van der Waals surface area contributed by atoms with Crippen molar-refractivity contribution in [2.75, 3.05) is 11.9 Å². The smallest absolute Gasteiger partial charge is 0.228 e. The van der Waals surface area contributed by atoms with Crippen molar-refractivity contribution in [3.63, 3.8) is 0 Å². The normalized spacial score (nSPS) is 10.6. The summed E-state index contributed by atoms with van der Waals surface area (Å²) in [6.45, 7) is 2.12. The topological polar surface area (TPSA) is 92.8 Å². The van der Waals surface area contributed by atoms with E-state index in [0.717, 1.165) is 16.5 Å². The summed E-state index contributed by atoms with van der Waals surface area (Å²) in [5.41, 5.74) is 2.06. The highest BCUT2D eigenvalue weighted by Crippen LogP contribution is 2.25. The Kier molecular flexibility index (Phi) is 5.83. The van der Waals surface area contributed by atoms with Gasteiger partial charge in [-0.15, -0.1) is 0 Å². The quantitative estimate of drug-likeness (QED) is 0.479. The van der Waals surface area contributed by atoms with Gasteiger partial charge in [-0.3, -0.25) is 4.79 Å². The maximum absolute atomic E-state index is 12.5. The van der Waals surface area contributed by atoms with E-state index < -0.39 is 0 Å². The number of ether oxygens (including phenoxy) is 1. The van der Waals surface area contributed by atoms with Gasteiger partial charge >= 0.3 is 0 Å². The maximum atomic E-state index is 12.5. The minimum atomic E-state index is -0.317. The third kappa shape index (κ3) is 4.34. The molecule has 0 spiro atoms. The molecule has 1 N–H and O–H groups in total. The third-order valence-corrected chi connectivity index (χ3v) is 5.01. The first-order valence-corrected chi connectivity index (χ1v) is 9.96. The van der Waals surface area contributed by atoms with Crippen LogP contribution < -0.4 is 10.1 Å². The van der Waals surface area contributed by atoms with Crippen molar-refractivity contribution in [2.45, 2.75) is 13.3 Å². The number of aryl methyl sites for hydroxylation is 1. The van der Waals surface area contributed by atoms with Crippen molar-refractivity contribution in [3.8, 4) is 17.6 Å². The molecule has 2 aromatic heterocycles. The molecule has 8 heteroatoms. The second-order valence-corrected chi connectivity index (χ2v) is 7.23. The average Bonchev–Trinajstić information content (AvgIpc) is 3.17. The van der Waals surface area contributed by atoms with Crippen LogP contribution in [0, 0.1) is 18.3 Å². The molecule has 0 saturated carbocycles. The number of halogens is 1. The molecule has 0 aliphatic rings. The number of anilines is 1. The van der Waals surface area contributed by atoms with Gasteiger partial charge in [-0.2, -0.15) is 15.0 Å². The number of carbonyl (C=O) groups excluding carboxylic acids is 1. The van der Waals surface area contributed by atoms with Gasteiger partial charge in [0.15, 0.2) is 11.6 Å². The molecule has 0 aliphatic heterocycles. The fraction of sp³-hybridized carbons (Fsp3) is 0.130. The van der Waals surface area contributed by atoms with E-state index in [2.05, 4.69) is 21.5 Å². The number of fused-ring (bicyclic) bond motifs is 1. The molecule has 0 aliphatic carbocycles. The number of para-hydroxylation sites is 2. The molecule has 4 aromatic rings. The minimum absolute atomic E-state index is 0.0748. The monoisotopic (exact) mass is 431 g/mol. The Hall–Kier alpha value is -3.89. The second-order valence-electron chi connectivity index (χ2n) is 6.82. The number of benzene rings is 2. The number of nitriles is 1. The van der Waals surface area contributed by atoms with Gasteiger partial charge in [0.2, 0.25) is 5.91 Å². The van der Waals surface area contributed by atoms with Gasteiger partial charge in [0.05, 0.1) is 29.8 Å². The SMILES string of the molecule is Cc1cc(-n2ncc(C#N)c2NC(=O)CCOc2ccccc2Cl)nc2ccccc12. The number of nitrogens with zero attached hydrogens (tertiary/aromatic N) is 4. The summed E-state index contributed by atoms with van der Waals surface area (Å²) in [4.78, 5) is 17.2. The van der Waals surface area contributed by atoms with E-state index in [4.69, 9.17) is 16.3 Å². The summed E-state index contributed by atoms with van der Waals surface area (Å²) in [7, 11) is 0. The van der Waals surface area contributed by atoms with Gasteiger partial charge in [0, 0.05) is 5.39 Å². The number of hydrogen-bond acceptors (Lipinski definition) is 5. The van der Waals surface area contributed by atoms with Crippen LogP contribution in [0.3, 0.4) is 0 Å². The lowest BCUT2D eigenvalue weighted by atomic mass is 10.1. The molecule has 7 nitrogen and oxygen atoms in total. The first-order valence-electron chi connectivity index (χ1n) is 9.59. The minimum Gasteiger partial charge on any atom is -0.491 e. The summed E-state index contributed by atoms with van der Waals surface area (Å²) in [5.74, 6) is 0.978. The molecular formula is C23H18ClN5O2. The van der Waals surface area contributed by atoms with Gasteiger partial charge in [-0.05, 0) is 36.8 Å². The van der Waals surface area contributed by atoms with E-state index in [1.165, 1.54) is 10.9 Å². The van der Waals surface area contributed by atoms with Crippen LogP contribution in [0.4, 0.5) is 5.82 Å². The molecule has 0 saturated heterocycles. The zero-order chi connectivity index (χ0) is 21.8. The fourth-order valence-electron chi connectivity index (χ4n) is 3.17. The van der Waals surface area contributed by atoms with Crippen molar-refractivity contribution in [2.24, 2.45) is 0 Å². The summed E-state index contributed by atoms with van der Waals surface area (Å²) < 4.78 is 7.03. The van der Waals surface area contributed by atoms with Crippen LogP contribution >= 0.6 is 11.6 Å². The third-order valence-electron chi connectivity index (χ3n) is 4.70. The summed E-state index contributed by atoms with van der Waals surface area (Å²) >= 11 is 6.06. The first-order chi connectivity index (χ1) is 15.1.